The number of rotatable bonds is 6. The Kier molecular flexibility index (Phi) is 5.63. The van der Waals surface area contributed by atoms with Crippen LogP contribution >= 0.6 is 0 Å². The van der Waals surface area contributed by atoms with E-state index in [1.54, 1.807) is 23.1 Å². The van der Waals surface area contributed by atoms with Crippen LogP contribution < -0.4 is 19.8 Å². The van der Waals surface area contributed by atoms with E-state index in [0.29, 0.717) is 28.5 Å². The lowest BCUT2D eigenvalue weighted by Gasteiger charge is -2.16. The van der Waals surface area contributed by atoms with Gasteiger partial charge in [-0.2, -0.15) is 5.10 Å². The van der Waals surface area contributed by atoms with Crippen molar-refractivity contribution in [3.05, 3.63) is 34.6 Å². The monoisotopic (exact) mass is 373 g/mol. The van der Waals surface area contributed by atoms with Crippen LogP contribution in [0.5, 0.6) is 17.2 Å². The molecule has 0 atom stereocenters. The highest BCUT2D eigenvalue weighted by molar-refractivity contribution is 5.76. The Morgan fingerprint density at radius 1 is 1.04 bits per heavy atom. The Bertz CT molecular complexity index is 862. The molecule has 1 amide bonds. The highest BCUT2D eigenvalue weighted by atomic mass is 16.5. The lowest BCUT2D eigenvalue weighted by Crippen LogP contribution is -2.35. The Balaban J connectivity index is 1.95. The molecule has 0 radical (unpaired) electrons. The maximum atomic E-state index is 12.4. The number of amides is 1. The van der Waals surface area contributed by atoms with Crippen molar-refractivity contribution in [3.63, 3.8) is 0 Å². The van der Waals surface area contributed by atoms with Crippen LogP contribution in [-0.4, -0.2) is 55.0 Å². The highest BCUT2D eigenvalue weighted by Crippen LogP contribution is 2.40. The molecule has 0 bridgehead atoms. The van der Waals surface area contributed by atoms with Gasteiger partial charge in [0.25, 0.3) is 5.56 Å². The maximum Gasteiger partial charge on any atom is 0.267 e. The minimum atomic E-state index is -0.321. The van der Waals surface area contributed by atoms with Gasteiger partial charge in [-0.05, 0) is 31.0 Å². The molecule has 1 fully saturated rings. The second-order valence-electron chi connectivity index (χ2n) is 6.22. The third-order valence-corrected chi connectivity index (χ3v) is 4.57. The number of nitrogens with zero attached hydrogens (tertiary/aromatic N) is 3. The molecular weight excluding hydrogens is 350 g/mol. The lowest BCUT2D eigenvalue weighted by atomic mass is 10.1. The van der Waals surface area contributed by atoms with E-state index in [0.717, 1.165) is 25.9 Å². The van der Waals surface area contributed by atoms with Crippen molar-refractivity contribution < 1.29 is 19.0 Å². The molecule has 1 saturated heterocycles. The summed E-state index contributed by atoms with van der Waals surface area (Å²) in [5, 5.41) is 4.36. The van der Waals surface area contributed by atoms with Gasteiger partial charge in [-0.25, -0.2) is 4.68 Å². The van der Waals surface area contributed by atoms with E-state index >= 15 is 0 Å². The lowest BCUT2D eigenvalue weighted by molar-refractivity contribution is -0.131. The second kappa shape index (κ2) is 8.11. The number of benzene rings is 1. The van der Waals surface area contributed by atoms with Crippen molar-refractivity contribution in [1.29, 1.82) is 0 Å². The summed E-state index contributed by atoms with van der Waals surface area (Å²) < 4.78 is 17.2. The van der Waals surface area contributed by atoms with Gasteiger partial charge in [0, 0.05) is 24.7 Å². The molecule has 0 saturated carbocycles. The van der Waals surface area contributed by atoms with Crippen molar-refractivity contribution in [2.45, 2.75) is 19.4 Å². The van der Waals surface area contributed by atoms with E-state index in [1.165, 1.54) is 32.1 Å². The zero-order valence-electron chi connectivity index (χ0n) is 15.7. The Morgan fingerprint density at radius 2 is 1.67 bits per heavy atom. The van der Waals surface area contributed by atoms with Gasteiger partial charge >= 0.3 is 0 Å². The van der Waals surface area contributed by atoms with Gasteiger partial charge in [0.1, 0.15) is 6.54 Å². The topological polar surface area (TPSA) is 82.9 Å². The molecule has 0 spiro atoms. The van der Waals surface area contributed by atoms with Gasteiger partial charge in [0.05, 0.1) is 27.0 Å². The van der Waals surface area contributed by atoms with E-state index in [2.05, 4.69) is 5.10 Å². The van der Waals surface area contributed by atoms with Crippen molar-refractivity contribution >= 4 is 5.91 Å². The average molecular weight is 373 g/mol. The Labute approximate surface area is 157 Å². The second-order valence-corrected chi connectivity index (χ2v) is 6.22. The summed E-state index contributed by atoms with van der Waals surface area (Å²) in [7, 11) is 4.59. The number of aromatic nitrogens is 2. The first-order valence-corrected chi connectivity index (χ1v) is 8.73. The number of ether oxygens (including phenoxy) is 3. The van der Waals surface area contributed by atoms with Gasteiger partial charge in [0.15, 0.2) is 11.5 Å². The number of hydrogen-bond donors (Lipinski definition) is 0. The van der Waals surface area contributed by atoms with Crippen molar-refractivity contribution in [2.24, 2.45) is 0 Å². The SMILES string of the molecule is COc1cc(-c2ccc(=O)n(CC(=O)N3CCCC3)n2)cc(OC)c1OC. The van der Waals surface area contributed by atoms with Gasteiger partial charge in [0.2, 0.25) is 11.7 Å². The number of carbonyl (C=O) groups is 1. The molecule has 8 heteroatoms. The van der Waals surface area contributed by atoms with E-state index < -0.39 is 0 Å². The molecule has 0 aliphatic carbocycles. The number of methoxy groups -OCH3 is 3. The molecule has 8 nitrogen and oxygen atoms in total. The minimum Gasteiger partial charge on any atom is -0.493 e. The Hall–Kier alpha value is -3.03. The zero-order valence-corrected chi connectivity index (χ0v) is 15.7. The summed E-state index contributed by atoms with van der Waals surface area (Å²) in [4.78, 5) is 26.3. The fourth-order valence-corrected chi connectivity index (χ4v) is 3.14. The molecule has 3 rings (SSSR count). The quantitative estimate of drug-likeness (QED) is 0.764. The van der Waals surface area contributed by atoms with Crippen LogP contribution in [0.4, 0.5) is 0 Å². The fourth-order valence-electron chi connectivity index (χ4n) is 3.14. The van der Waals surface area contributed by atoms with Crippen molar-refractivity contribution in [2.75, 3.05) is 34.4 Å². The minimum absolute atomic E-state index is 0.0723. The summed E-state index contributed by atoms with van der Waals surface area (Å²) in [6.07, 6.45) is 2.00. The van der Waals surface area contributed by atoms with E-state index in [9.17, 15) is 9.59 Å². The van der Waals surface area contributed by atoms with E-state index in [-0.39, 0.29) is 18.0 Å². The van der Waals surface area contributed by atoms with E-state index in [4.69, 9.17) is 14.2 Å². The summed E-state index contributed by atoms with van der Waals surface area (Å²) in [5.41, 5.74) is 0.897. The van der Waals surface area contributed by atoms with Gasteiger partial charge in [-0.1, -0.05) is 0 Å². The van der Waals surface area contributed by atoms with Crippen molar-refractivity contribution in [1.82, 2.24) is 14.7 Å². The van der Waals surface area contributed by atoms with Crippen LogP contribution in [0, 0.1) is 0 Å². The summed E-state index contributed by atoms with van der Waals surface area (Å²) in [6.45, 7) is 1.40. The predicted molar refractivity (Wildman–Crippen MR) is 99.4 cm³/mol. The normalized spacial score (nSPS) is 13.5. The molecule has 2 heterocycles. The molecule has 0 N–H and O–H groups in total. The van der Waals surface area contributed by atoms with Crippen LogP contribution in [0.25, 0.3) is 11.3 Å². The predicted octanol–water partition coefficient (Wildman–Crippen LogP) is 1.56. The zero-order chi connectivity index (χ0) is 19.4. The summed E-state index contributed by atoms with van der Waals surface area (Å²) in [5.74, 6) is 1.35. The smallest absolute Gasteiger partial charge is 0.267 e. The molecule has 27 heavy (non-hydrogen) atoms. The Morgan fingerprint density at radius 3 is 2.22 bits per heavy atom. The molecule has 2 aromatic rings. The molecule has 144 valence electrons. The van der Waals surface area contributed by atoms with Gasteiger partial charge < -0.3 is 19.1 Å². The number of likely N-dealkylation sites (tertiary alicyclic amines) is 1. The first-order chi connectivity index (χ1) is 13.1. The first kappa shape index (κ1) is 18.8. The number of carbonyl (C=O) groups excluding carboxylic acids is 1. The van der Waals surface area contributed by atoms with Crippen LogP contribution in [0.2, 0.25) is 0 Å². The number of hydrogen-bond acceptors (Lipinski definition) is 6. The standard InChI is InChI=1S/C19H23N3O5/c1-25-15-10-13(11-16(26-2)19(15)27-3)14-6-7-17(23)22(20-14)12-18(24)21-8-4-5-9-21/h6-7,10-11H,4-5,8-9,12H2,1-3H3. The van der Waals surface area contributed by atoms with Gasteiger partial charge in [-0.15, -0.1) is 0 Å². The van der Waals surface area contributed by atoms with Crippen molar-refractivity contribution in [3.8, 4) is 28.5 Å². The maximum absolute atomic E-state index is 12.4. The van der Waals surface area contributed by atoms with Crippen LogP contribution in [0.1, 0.15) is 12.8 Å². The molecule has 1 aromatic heterocycles. The van der Waals surface area contributed by atoms with Crippen LogP contribution in [0.15, 0.2) is 29.1 Å². The summed E-state index contributed by atoms with van der Waals surface area (Å²) in [6, 6.07) is 6.52. The fraction of sp³-hybridized carbons (Fsp3) is 0.421. The third-order valence-electron chi connectivity index (χ3n) is 4.57. The van der Waals surface area contributed by atoms with Gasteiger partial charge in [-0.3, -0.25) is 9.59 Å². The van der Waals surface area contributed by atoms with E-state index in [1.807, 2.05) is 0 Å². The highest BCUT2D eigenvalue weighted by Gasteiger charge is 2.20. The molecule has 1 aliphatic rings. The largest absolute Gasteiger partial charge is 0.493 e. The molecule has 1 aliphatic heterocycles. The van der Waals surface area contributed by atoms with Crippen LogP contribution in [-0.2, 0) is 11.3 Å². The average Bonchev–Trinajstić information content (AvgIpc) is 3.23. The van der Waals surface area contributed by atoms with Crippen LogP contribution in [0.3, 0.4) is 0 Å². The third kappa shape index (κ3) is 3.89. The molecule has 0 unspecified atom stereocenters. The summed E-state index contributed by atoms with van der Waals surface area (Å²) >= 11 is 0. The molecule has 1 aromatic carbocycles. The first-order valence-electron chi connectivity index (χ1n) is 8.73. The molecular formula is C19H23N3O5.